The number of imidazole rings is 1. The number of nitro groups is 1. The number of piperazine rings is 1. The highest BCUT2D eigenvalue weighted by atomic mass is 16.6. The highest BCUT2D eigenvalue weighted by molar-refractivity contribution is 5.97. The molecule has 0 saturated carbocycles. The molecule has 0 atom stereocenters. The van der Waals surface area contributed by atoms with E-state index in [1.54, 1.807) is 12.1 Å². The van der Waals surface area contributed by atoms with E-state index in [0.29, 0.717) is 25.2 Å². The normalized spacial score (nSPS) is 14.4. The fourth-order valence-electron chi connectivity index (χ4n) is 4.55. The summed E-state index contributed by atoms with van der Waals surface area (Å²) in [6, 6.07) is 22.5. The van der Waals surface area contributed by atoms with Crippen LogP contribution in [0.25, 0.3) is 16.7 Å². The number of hydrogen-bond acceptors (Lipinski definition) is 5. The first kappa shape index (κ1) is 21.8. The molecule has 8 nitrogen and oxygen atoms in total. The summed E-state index contributed by atoms with van der Waals surface area (Å²) < 4.78 is 2.09. The third kappa shape index (κ3) is 4.27. The summed E-state index contributed by atoms with van der Waals surface area (Å²) in [5.74, 6) is 0.879. The van der Waals surface area contributed by atoms with Crippen LogP contribution in [-0.4, -0.2) is 56.4 Å². The van der Waals surface area contributed by atoms with Crippen molar-refractivity contribution >= 4 is 22.6 Å². The maximum absolute atomic E-state index is 13.2. The van der Waals surface area contributed by atoms with Gasteiger partial charge < -0.3 is 4.90 Å². The number of nitro benzene ring substituents is 1. The van der Waals surface area contributed by atoms with Crippen LogP contribution in [0.3, 0.4) is 0 Å². The van der Waals surface area contributed by atoms with E-state index in [-0.39, 0.29) is 16.5 Å². The number of aromatic nitrogens is 2. The van der Waals surface area contributed by atoms with E-state index >= 15 is 0 Å². The number of carbonyl (C=O) groups excluding carboxylic acids is 1. The van der Waals surface area contributed by atoms with Crippen LogP contribution in [0.15, 0.2) is 72.8 Å². The van der Waals surface area contributed by atoms with E-state index in [1.165, 1.54) is 6.07 Å². The second-order valence-corrected chi connectivity index (χ2v) is 8.53. The number of hydrogen-bond donors (Lipinski definition) is 0. The molecular formula is C26H25N5O3. The highest BCUT2D eigenvalue weighted by Crippen LogP contribution is 2.23. The van der Waals surface area contributed by atoms with Gasteiger partial charge in [0.1, 0.15) is 5.82 Å². The molecule has 172 valence electrons. The van der Waals surface area contributed by atoms with Crippen molar-refractivity contribution in [2.75, 3.05) is 26.2 Å². The second kappa shape index (κ2) is 9.07. The summed E-state index contributed by atoms with van der Waals surface area (Å²) in [6.07, 6.45) is 0. The van der Waals surface area contributed by atoms with Gasteiger partial charge in [0.15, 0.2) is 0 Å². The van der Waals surface area contributed by atoms with E-state index in [2.05, 4.69) is 9.47 Å². The summed E-state index contributed by atoms with van der Waals surface area (Å²) in [6.45, 7) is 5.27. The van der Waals surface area contributed by atoms with Crippen LogP contribution < -0.4 is 0 Å². The summed E-state index contributed by atoms with van der Waals surface area (Å²) in [4.78, 5) is 32.6. The molecule has 3 aromatic carbocycles. The topological polar surface area (TPSA) is 84.5 Å². The van der Waals surface area contributed by atoms with Gasteiger partial charge in [0.2, 0.25) is 0 Å². The lowest BCUT2D eigenvalue weighted by Gasteiger charge is -2.34. The molecule has 1 amide bonds. The van der Waals surface area contributed by atoms with Crippen LogP contribution >= 0.6 is 0 Å². The first-order valence-electron chi connectivity index (χ1n) is 11.3. The molecule has 0 aliphatic carbocycles. The predicted molar refractivity (Wildman–Crippen MR) is 130 cm³/mol. The Hall–Kier alpha value is -4.04. The Labute approximate surface area is 197 Å². The third-order valence-electron chi connectivity index (χ3n) is 6.27. The Balaban J connectivity index is 1.27. The maximum Gasteiger partial charge on any atom is 0.269 e. The Morgan fingerprint density at radius 1 is 0.971 bits per heavy atom. The quantitative estimate of drug-likeness (QED) is 0.333. The third-order valence-corrected chi connectivity index (χ3v) is 6.27. The van der Waals surface area contributed by atoms with Gasteiger partial charge in [-0.15, -0.1) is 0 Å². The molecule has 2 heterocycles. The lowest BCUT2D eigenvalue weighted by atomic mass is 10.1. The van der Waals surface area contributed by atoms with Crippen molar-refractivity contribution in [3.05, 3.63) is 99.9 Å². The van der Waals surface area contributed by atoms with Crippen LogP contribution in [0.4, 0.5) is 5.69 Å². The monoisotopic (exact) mass is 455 g/mol. The number of rotatable bonds is 5. The van der Waals surface area contributed by atoms with Gasteiger partial charge >= 0.3 is 0 Å². The smallest absolute Gasteiger partial charge is 0.269 e. The van der Waals surface area contributed by atoms with E-state index < -0.39 is 0 Å². The van der Waals surface area contributed by atoms with E-state index in [1.807, 2.05) is 66.4 Å². The molecule has 1 aliphatic heterocycles. The molecule has 34 heavy (non-hydrogen) atoms. The van der Waals surface area contributed by atoms with E-state index in [0.717, 1.165) is 41.2 Å². The minimum absolute atomic E-state index is 0.00353. The second-order valence-electron chi connectivity index (χ2n) is 8.53. The molecule has 1 aliphatic rings. The number of carbonyl (C=O) groups is 1. The molecule has 0 spiro atoms. The van der Waals surface area contributed by atoms with Crippen molar-refractivity contribution < 1.29 is 9.72 Å². The standard InChI is InChI=1S/C26H25N5O3/c1-19-27-24-17-21(10-11-25(24)30(19)22-7-3-2-4-8-22)26(32)29-14-12-28(13-15-29)18-20-6-5-9-23(16-20)31(33)34/h2-11,16-17H,12-15,18H2,1H3. The van der Waals surface area contributed by atoms with Gasteiger partial charge in [-0.1, -0.05) is 30.3 Å². The first-order chi connectivity index (χ1) is 16.5. The minimum atomic E-state index is -0.374. The largest absolute Gasteiger partial charge is 0.336 e. The van der Waals surface area contributed by atoms with E-state index in [4.69, 9.17) is 4.98 Å². The molecule has 0 bridgehead atoms. The van der Waals surface area contributed by atoms with Crippen molar-refractivity contribution in [2.24, 2.45) is 0 Å². The molecule has 0 unspecified atom stereocenters. The number of non-ortho nitro benzene ring substituents is 1. The number of para-hydroxylation sites is 1. The van der Waals surface area contributed by atoms with Crippen molar-refractivity contribution in [2.45, 2.75) is 13.5 Å². The maximum atomic E-state index is 13.2. The van der Waals surface area contributed by atoms with Crippen LogP contribution in [0.1, 0.15) is 21.7 Å². The summed E-state index contributed by atoms with van der Waals surface area (Å²) >= 11 is 0. The molecule has 4 aromatic rings. The van der Waals surface area contributed by atoms with Gasteiger partial charge in [0, 0.05) is 56.1 Å². The lowest BCUT2D eigenvalue weighted by Crippen LogP contribution is -2.48. The van der Waals surface area contributed by atoms with Gasteiger partial charge in [-0.2, -0.15) is 0 Å². The van der Waals surface area contributed by atoms with Gasteiger partial charge in [0.25, 0.3) is 11.6 Å². The van der Waals surface area contributed by atoms with Gasteiger partial charge in [0.05, 0.1) is 16.0 Å². The zero-order valence-electron chi connectivity index (χ0n) is 18.9. The number of amides is 1. The van der Waals surface area contributed by atoms with Crippen LogP contribution in [-0.2, 0) is 6.54 Å². The van der Waals surface area contributed by atoms with Gasteiger partial charge in [-0.25, -0.2) is 4.98 Å². The van der Waals surface area contributed by atoms with E-state index in [9.17, 15) is 14.9 Å². The molecule has 1 fully saturated rings. The Morgan fingerprint density at radius 2 is 1.74 bits per heavy atom. The molecule has 0 radical (unpaired) electrons. The summed E-state index contributed by atoms with van der Waals surface area (Å²) in [7, 11) is 0. The fraction of sp³-hybridized carbons (Fsp3) is 0.231. The number of aryl methyl sites for hydroxylation is 1. The van der Waals surface area contributed by atoms with Crippen molar-refractivity contribution in [1.29, 1.82) is 0 Å². The lowest BCUT2D eigenvalue weighted by molar-refractivity contribution is -0.384. The van der Waals surface area contributed by atoms with Crippen LogP contribution in [0.2, 0.25) is 0 Å². The minimum Gasteiger partial charge on any atom is -0.336 e. The molecule has 1 saturated heterocycles. The number of fused-ring (bicyclic) bond motifs is 1. The SMILES string of the molecule is Cc1nc2cc(C(=O)N3CCN(Cc4cccc([N+](=O)[O-])c4)CC3)ccc2n1-c1ccccc1. The van der Waals surface area contributed by atoms with Gasteiger partial charge in [-0.05, 0) is 42.8 Å². The molecular weight excluding hydrogens is 430 g/mol. The zero-order chi connectivity index (χ0) is 23.7. The molecule has 1 aromatic heterocycles. The van der Waals surface area contributed by atoms with Gasteiger partial charge in [-0.3, -0.25) is 24.4 Å². The Morgan fingerprint density at radius 3 is 2.47 bits per heavy atom. The fourth-order valence-corrected chi connectivity index (χ4v) is 4.55. The average Bonchev–Trinajstić information content (AvgIpc) is 3.19. The van der Waals surface area contributed by atoms with Crippen molar-refractivity contribution in [3.63, 3.8) is 0 Å². The number of benzene rings is 3. The number of nitrogens with zero attached hydrogens (tertiary/aromatic N) is 5. The first-order valence-corrected chi connectivity index (χ1v) is 11.3. The Kier molecular flexibility index (Phi) is 5.81. The zero-order valence-corrected chi connectivity index (χ0v) is 18.9. The van der Waals surface area contributed by atoms with Crippen LogP contribution in [0, 0.1) is 17.0 Å². The average molecular weight is 456 g/mol. The summed E-state index contributed by atoms with van der Waals surface area (Å²) in [5.41, 5.74) is 4.47. The molecule has 0 N–H and O–H groups in total. The molecule has 5 rings (SSSR count). The van der Waals surface area contributed by atoms with Crippen molar-refractivity contribution in [1.82, 2.24) is 19.4 Å². The predicted octanol–water partition coefficient (Wildman–Crippen LogP) is 4.20. The van der Waals surface area contributed by atoms with Crippen molar-refractivity contribution in [3.8, 4) is 5.69 Å². The van der Waals surface area contributed by atoms with Crippen LogP contribution in [0.5, 0.6) is 0 Å². The molecule has 8 heteroatoms. The summed E-state index contributed by atoms with van der Waals surface area (Å²) in [5, 5.41) is 11.0. The Bertz CT molecular complexity index is 1360. The highest BCUT2D eigenvalue weighted by Gasteiger charge is 2.23.